The van der Waals surface area contributed by atoms with Crippen molar-refractivity contribution in [2.45, 2.75) is 25.3 Å². The normalized spacial score (nSPS) is 15.0. The Kier molecular flexibility index (Phi) is 3.81. The van der Waals surface area contributed by atoms with Crippen LogP contribution in [0.2, 0.25) is 0 Å². The van der Waals surface area contributed by atoms with E-state index in [0.717, 1.165) is 18.4 Å². The predicted molar refractivity (Wildman–Crippen MR) is 81.6 cm³/mol. The van der Waals surface area contributed by atoms with Crippen molar-refractivity contribution < 1.29 is 4.39 Å². The second kappa shape index (κ2) is 5.91. The maximum absolute atomic E-state index is 14.0. The van der Waals surface area contributed by atoms with E-state index in [4.69, 9.17) is 5.73 Å². The molecule has 0 saturated heterocycles. The topological polar surface area (TPSA) is 63.3 Å². The van der Waals surface area contributed by atoms with Crippen LogP contribution < -0.4 is 11.1 Å². The number of aromatic nitrogens is 1. The van der Waals surface area contributed by atoms with Gasteiger partial charge in [0.15, 0.2) is 5.96 Å². The summed E-state index contributed by atoms with van der Waals surface area (Å²) in [6, 6.07) is 10.8. The number of anilines is 1. The Bertz CT molecular complexity index is 651. The number of aliphatic imine (C=N–C) groups is 1. The molecule has 1 fully saturated rings. The average molecular weight is 284 g/mol. The first-order valence-electron chi connectivity index (χ1n) is 6.98. The number of nitrogens with zero attached hydrogens (tertiary/aromatic N) is 2. The lowest BCUT2D eigenvalue weighted by Gasteiger charge is -2.06. The summed E-state index contributed by atoms with van der Waals surface area (Å²) in [4.78, 5) is 8.23. The van der Waals surface area contributed by atoms with Crippen molar-refractivity contribution in [1.29, 1.82) is 0 Å². The summed E-state index contributed by atoms with van der Waals surface area (Å²) in [5.41, 5.74) is 7.40. The molecule has 1 heterocycles. The van der Waals surface area contributed by atoms with E-state index in [1.54, 1.807) is 24.4 Å². The van der Waals surface area contributed by atoms with Gasteiger partial charge in [-0.05, 0) is 42.5 Å². The van der Waals surface area contributed by atoms with E-state index in [1.165, 1.54) is 0 Å². The highest BCUT2D eigenvalue weighted by Crippen LogP contribution is 2.40. The van der Waals surface area contributed by atoms with Gasteiger partial charge < -0.3 is 11.1 Å². The molecule has 3 rings (SSSR count). The van der Waals surface area contributed by atoms with Crippen molar-refractivity contribution in [3.63, 3.8) is 0 Å². The van der Waals surface area contributed by atoms with Crippen molar-refractivity contribution >= 4 is 11.8 Å². The summed E-state index contributed by atoms with van der Waals surface area (Å²) in [5, 5.41) is 2.87. The average Bonchev–Trinajstić information content (AvgIpc) is 3.31. The molecule has 1 aliphatic carbocycles. The van der Waals surface area contributed by atoms with Gasteiger partial charge in [-0.3, -0.25) is 0 Å². The first-order chi connectivity index (χ1) is 10.2. The van der Waals surface area contributed by atoms with Crippen LogP contribution in [0, 0.1) is 5.82 Å². The number of nitrogens with two attached hydrogens (primary N) is 1. The summed E-state index contributed by atoms with van der Waals surface area (Å²) < 4.78 is 14.0. The van der Waals surface area contributed by atoms with Crippen LogP contribution in [0.4, 0.5) is 10.2 Å². The van der Waals surface area contributed by atoms with Crippen molar-refractivity contribution in [3.05, 3.63) is 59.5 Å². The Morgan fingerprint density at radius 2 is 2.19 bits per heavy atom. The standard InChI is InChI=1S/C16H17FN4/c17-14-9-12(11-4-5-11)6-7-13(14)10-20-16(18)21-15-3-1-2-8-19-15/h1-3,6-9,11H,4-5,10H2,(H3,18,19,20,21). The molecule has 1 aromatic heterocycles. The minimum Gasteiger partial charge on any atom is -0.370 e. The van der Waals surface area contributed by atoms with Crippen LogP contribution in [0.3, 0.4) is 0 Å². The van der Waals surface area contributed by atoms with Gasteiger partial charge in [-0.2, -0.15) is 0 Å². The van der Waals surface area contributed by atoms with Gasteiger partial charge in [0.2, 0.25) is 0 Å². The predicted octanol–water partition coefficient (Wildman–Crippen LogP) is 3.02. The highest BCUT2D eigenvalue weighted by atomic mass is 19.1. The largest absolute Gasteiger partial charge is 0.370 e. The van der Waals surface area contributed by atoms with Crippen LogP contribution in [0.25, 0.3) is 0 Å². The van der Waals surface area contributed by atoms with Crippen LogP contribution in [-0.2, 0) is 6.54 Å². The fourth-order valence-electron chi connectivity index (χ4n) is 2.14. The molecule has 21 heavy (non-hydrogen) atoms. The molecule has 0 spiro atoms. The summed E-state index contributed by atoms with van der Waals surface area (Å²) in [7, 11) is 0. The second-order valence-corrected chi connectivity index (χ2v) is 5.17. The third kappa shape index (κ3) is 3.56. The molecule has 0 radical (unpaired) electrons. The Hall–Kier alpha value is -2.43. The number of hydrogen-bond donors (Lipinski definition) is 2. The molecular formula is C16H17FN4. The zero-order valence-corrected chi connectivity index (χ0v) is 11.6. The van der Waals surface area contributed by atoms with E-state index in [2.05, 4.69) is 15.3 Å². The number of halogens is 1. The van der Waals surface area contributed by atoms with Crippen LogP contribution in [0.1, 0.15) is 29.9 Å². The van der Waals surface area contributed by atoms with Gasteiger partial charge in [-0.25, -0.2) is 14.4 Å². The lowest BCUT2D eigenvalue weighted by atomic mass is 10.1. The number of guanidine groups is 1. The third-order valence-electron chi connectivity index (χ3n) is 3.47. The SMILES string of the molecule is NC(=NCc1ccc(C2CC2)cc1F)Nc1ccccn1. The van der Waals surface area contributed by atoms with Crippen molar-refractivity contribution in [2.24, 2.45) is 10.7 Å². The van der Waals surface area contributed by atoms with Crippen molar-refractivity contribution in [2.75, 3.05) is 5.32 Å². The molecule has 0 aliphatic heterocycles. The molecule has 2 aromatic rings. The molecule has 0 unspecified atom stereocenters. The van der Waals surface area contributed by atoms with Crippen LogP contribution in [0.15, 0.2) is 47.6 Å². The lowest BCUT2D eigenvalue weighted by Crippen LogP contribution is -2.23. The highest BCUT2D eigenvalue weighted by Gasteiger charge is 2.24. The Morgan fingerprint density at radius 3 is 2.86 bits per heavy atom. The fraction of sp³-hybridized carbons (Fsp3) is 0.250. The van der Waals surface area contributed by atoms with Gasteiger partial charge in [-0.1, -0.05) is 18.2 Å². The molecule has 5 heteroatoms. The Morgan fingerprint density at radius 1 is 1.33 bits per heavy atom. The molecule has 1 aromatic carbocycles. The Labute approximate surface area is 122 Å². The van der Waals surface area contributed by atoms with E-state index < -0.39 is 0 Å². The molecule has 1 saturated carbocycles. The molecule has 1 aliphatic rings. The van der Waals surface area contributed by atoms with Crippen LogP contribution >= 0.6 is 0 Å². The number of pyridine rings is 1. The van der Waals surface area contributed by atoms with Crippen LogP contribution in [-0.4, -0.2) is 10.9 Å². The van der Waals surface area contributed by atoms with Gasteiger partial charge in [0.05, 0.1) is 6.54 Å². The van der Waals surface area contributed by atoms with Gasteiger partial charge in [-0.15, -0.1) is 0 Å². The maximum Gasteiger partial charge on any atom is 0.194 e. The molecular weight excluding hydrogens is 267 g/mol. The number of hydrogen-bond acceptors (Lipinski definition) is 2. The van der Waals surface area contributed by atoms with E-state index >= 15 is 0 Å². The van der Waals surface area contributed by atoms with Crippen LogP contribution in [0.5, 0.6) is 0 Å². The number of nitrogens with one attached hydrogen (secondary N) is 1. The van der Waals surface area contributed by atoms with Gasteiger partial charge in [0.25, 0.3) is 0 Å². The second-order valence-electron chi connectivity index (χ2n) is 5.17. The van der Waals surface area contributed by atoms with Crippen molar-refractivity contribution in [1.82, 2.24) is 4.98 Å². The zero-order chi connectivity index (χ0) is 14.7. The van der Waals surface area contributed by atoms with Gasteiger partial charge in [0.1, 0.15) is 11.6 Å². The smallest absolute Gasteiger partial charge is 0.194 e. The zero-order valence-electron chi connectivity index (χ0n) is 11.6. The van der Waals surface area contributed by atoms with Gasteiger partial charge in [0, 0.05) is 11.8 Å². The minimum absolute atomic E-state index is 0.211. The third-order valence-corrected chi connectivity index (χ3v) is 3.47. The first kappa shape index (κ1) is 13.5. The molecule has 0 atom stereocenters. The van der Waals surface area contributed by atoms with E-state index in [1.807, 2.05) is 18.2 Å². The molecule has 0 amide bonds. The first-order valence-corrected chi connectivity index (χ1v) is 6.98. The number of benzene rings is 1. The monoisotopic (exact) mass is 284 g/mol. The quantitative estimate of drug-likeness (QED) is 0.670. The fourth-order valence-corrected chi connectivity index (χ4v) is 2.14. The molecule has 3 N–H and O–H groups in total. The molecule has 4 nitrogen and oxygen atoms in total. The highest BCUT2D eigenvalue weighted by molar-refractivity contribution is 5.91. The lowest BCUT2D eigenvalue weighted by molar-refractivity contribution is 0.608. The van der Waals surface area contributed by atoms with Gasteiger partial charge >= 0.3 is 0 Å². The summed E-state index contributed by atoms with van der Waals surface area (Å²) in [5.74, 6) is 1.17. The number of rotatable bonds is 4. The van der Waals surface area contributed by atoms with E-state index in [0.29, 0.717) is 17.3 Å². The van der Waals surface area contributed by atoms with E-state index in [-0.39, 0.29) is 18.3 Å². The maximum atomic E-state index is 14.0. The molecule has 0 bridgehead atoms. The summed E-state index contributed by atoms with van der Waals surface area (Å²) in [6.07, 6.45) is 3.99. The summed E-state index contributed by atoms with van der Waals surface area (Å²) in [6.45, 7) is 0.211. The summed E-state index contributed by atoms with van der Waals surface area (Å²) >= 11 is 0. The van der Waals surface area contributed by atoms with Crippen molar-refractivity contribution in [3.8, 4) is 0 Å². The Balaban J connectivity index is 1.64. The molecule has 108 valence electrons. The minimum atomic E-state index is -0.214. The van der Waals surface area contributed by atoms with E-state index in [9.17, 15) is 4.39 Å².